The molecule has 0 aromatic rings. The van der Waals surface area contributed by atoms with Gasteiger partial charge in [0.25, 0.3) is 0 Å². The van der Waals surface area contributed by atoms with Crippen molar-refractivity contribution in [2.45, 2.75) is 90.9 Å². The first-order chi connectivity index (χ1) is 9.39. The molecule has 0 aliphatic rings. The van der Waals surface area contributed by atoms with E-state index >= 15 is 0 Å². The van der Waals surface area contributed by atoms with Gasteiger partial charge >= 0.3 is 125 Å². The summed E-state index contributed by atoms with van der Waals surface area (Å²) in [4.78, 5) is 30.1. The van der Waals surface area contributed by atoms with E-state index in [-0.39, 0.29) is 12.3 Å². The van der Waals surface area contributed by atoms with Crippen LogP contribution >= 0.6 is 7.28 Å². The minimum absolute atomic E-state index is 0.201. The number of hydrogen-bond acceptors (Lipinski definition) is 3. The van der Waals surface area contributed by atoms with Crippen molar-refractivity contribution < 1.29 is 14.7 Å². The molecule has 0 unspecified atom stereocenters. The SMILES string of the molecule is CCCCCCCCP(O)(O)(O)CCCCCCCC. The molecular weight excluding hydrogens is 271 g/mol. The fourth-order valence-corrected chi connectivity index (χ4v) is 4.51. The average molecular weight is 308 g/mol. The van der Waals surface area contributed by atoms with E-state index in [1.807, 2.05) is 0 Å². The van der Waals surface area contributed by atoms with Crippen molar-refractivity contribution >= 4 is 7.28 Å². The molecule has 20 heavy (non-hydrogen) atoms. The monoisotopic (exact) mass is 308 g/mol. The molecule has 0 bridgehead atoms. The van der Waals surface area contributed by atoms with E-state index in [4.69, 9.17) is 0 Å². The Kier molecular flexibility index (Phi) is 11.1. The van der Waals surface area contributed by atoms with Gasteiger partial charge in [0, 0.05) is 0 Å². The van der Waals surface area contributed by atoms with Gasteiger partial charge in [-0.05, 0) is 0 Å². The van der Waals surface area contributed by atoms with E-state index in [0.717, 1.165) is 38.5 Å². The van der Waals surface area contributed by atoms with Gasteiger partial charge in [0.15, 0.2) is 0 Å². The van der Waals surface area contributed by atoms with Crippen molar-refractivity contribution in [2.75, 3.05) is 12.3 Å². The summed E-state index contributed by atoms with van der Waals surface area (Å²) < 4.78 is 0. The fourth-order valence-electron chi connectivity index (χ4n) is 2.54. The van der Waals surface area contributed by atoms with Gasteiger partial charge in [-0.1, -0.05) is 0 Å². The van der Waals surface area contributed by atoms with Gasteiger partial charge in [0.2, 0.25) is 0 Å². The zero-order chi connectivity index (χ0) is 15.3. The average Bonchev–Trinajstić information content (AvgIpc) is 2.37. The molecule has 0 aromatic carbocycles. The van der Waals surface area contributed by atoms with E-state index in [1.54, 1.807) is 0 Å². The Morgan fingerprint density at radius 2 is 0.800 bits per heavy atom. The summed E-state index contributed by atoms with van der Waals surface area (Å²) in [5.41, 5.74) is 0. The molecule has 0 aliphatic heterocycles. The molecule has 0 saturated heterocycles. The van der Waals surface area contributed by atoms with Crippen LogP contribution in [0.3, 0.4) is 0 Å². The molecule has 0 saturated carbocycles. The molecule has 0 aromatic heterocycles. The Balaban J connectivity index is 3.64. The summed E-state index contributed by atoms with van der Waals surface area (Å²) in [7, 11) is -4.31. The second kappa shape index (κ2) is 11.0. The Morgan fingerprint density at radius 3 is 1.15 bits per heavy atom. The first-order valence-electron chi connectivity index (χ1n) is 8.65. The fraction of sp³-hybridized carbons (Fsp3) is 1.00. The van der Waals surface area contributed by atoms with Crippen LogP contribution in [0.2, 0.25) is 0 Å². The maximum absolute atomic E-state index is 10.0. The molecule has 0 fully saturated rings. The van der Waals surface area contributed by atoms with Gasteiger partial charge in [-0.3, -0.25) is 0 Å². The molecule has 0 amide bonds. The van der Waals surface area contributed by atoms with Crippen LogP contribution in [0.1, 0.15) is 90.9 Å². The Labute approximate surface area is 126 Å². The summed E-state index contributed by atoms with van der Waals surface area (Å²) >= 11 is 0. The molecule has 0 atom stereocenters. The number of hydrogen-bond donors (Lipinski definition) is 3. The topological polar surface area (TPSA) is 60.7 Å². The molecule has 0 spiro atoms. The van der Waals surface area contributed by atoms with Crippen LogP contribution in [0.4, 0.5) is 0 Å². The van der Waals surface area contributed by atoms with Crippen LogP contribution < -0.4 is 0 Å². The Morgan fingerprint density at radius 1 is 0.500 bits per heavy atom. The minimum atomic E-state index is -4.31. The van der Waals surface area contributed by atoms with Gasteiger partial charge < -0.3 is 0 Å². The Hall–Kier alpha value is 0.310. The molecule has 3 N–H and O–H groups in total. The van der Waals surface area contributed by atoms with Crippen LogP contribution in [0.25, 0.3) is 0 Å². The van der Waals surface area contributed by atoms with Crippen molar-refractivity contribution in [1.82, 2.24) is 0 Å². The maximum atomic E-state index is 10.0. The van der Waals surface area contributed by atoms with E-state index in [1.165, 1.54) is 38.5 Å². The molecule has 0 rings (SSSR count). The van der Waals surface area contributed by atoms with Gasteiger partial charge in [-0.15, -0.1) is 0 Å². The third-order valence-corrected chi connectivity index (χ3v) is 6.40. The van der Waals surface area contributed by atoms with Crippen LogP contribution in [-0.4, -0.2) is 27.0 Å². The van der Waals surface area contributed by atoms with Crippen molar-refractivity contribution in [2.24, 2.45) is 0 Å². The van der Waals surface area contributed by atoms with Crippen molar-refractivity contribution in [3.8, 4) is 0 Å². The Bertz CT molecular complexity index is 203. The van der Waals surface area contributed by atoms with Crippen LogP contribution in [0.5, 0.6) is 0 Å². The molecule has 0 radical (unpaired) electrons. The van der Waals surface area contributed by atoms with Crippen molar-refractivity contribution in [1.29, 1.82) is 0 Å². The summed E-state index contributed by atoms with van der Waals surface area (Å²) in [6.07, 6.45) is 13.5. The molecular formula is C16H37O3P. The van der Waals surface area contributed by atoms with E-state index in [2.05, 4.69) is 13.8 Å². The third kappa shape index (κ3) is 13.3. The first-order valence-corrected chi connectivity index (χ1v) is 11.1. The molecule has 0 aliphatic carbocycles. The second-order valence-electron chi connectivity index (χ2n) is 6.32. The predicted octanol–water partition coefficient (Wildman–Crippen LogP) is 4.98. The normalized spacial score (nSPS) is 14.2. The summed E-state index contributed by atoms with van der Waals surface area (Å²) in [5, 5.41) is 0. The molecule has 3 nitrogen and oxygen atoms in total. The summed E-state index contributed by atoms with van der Waals surface area (Å²) in [5.74, 6) is 0. The molecule has 0 heterocycles. The van der Waals surface area contributed by atoms with Crippen LogP contribution in [0, 0.1) is 0 Å². The van der Waals surface area contributed by atoms with Crippen LogP contribution in [-0.2, 0) is 0 Å². The number of rotatable bonds is 14. The second-order valence-corrected chi connectivity index (χ2v) is 9.90. The number of unbranched alkanes of at least 4 members (excludes halogenated alkanes) is 10. The standard InChI is InChI=1S/C16H37O3P/c1-3-5-7-9-11-13-15-20(17,18,19)16-14-12-10-8-6-4-2/h17-19H,3-16H2,1-2H3. The van der Waals surface area contributed by atoms with Gasteiger partial charge in [0.1, 0.15) is 0 Å². The molecule has 124 valence electrons. The summed E-state index contributed by atoms with van der Waals surface area (Å²) in [6.45, 7) is 4.37. The summed E-state index contributed by atoms with van der Waals surface area (Å²) in [6, 6.07) is 0. The van der Waals surface area contributed by atoms with E-state index in [0.29, 0.717) is 0 Å². The van der Waals surface area contributed by atoms with Gasteiger partial charge in [-0.2, -0.15) is 0 Å². The zero-order valence-corrected chi connectivity index (χ0v) is 14.6. The van der Waals surface area contributed by atoms with Crippen molar-refractivity contribution in [3.05, 3.63) is 0 Å². The van der Waals surface area contributed by atoms with E-state index in [9.17, 15) is 14.7 Å². The zero-order valence-electron chi connectivity index (χ0n) is 13.7. The van der Waals surface area contributed by atoms with Gasteiger partial charge in [0.05, 0.1) is 0 Å². The van der Waals surface area contributed by atoms with Crippen molar-refractivity contribution in [3.63, 3.8) is 0 Å². The molecule has 4 heteroatoms. The third-order valence-electron chi connectivity index (χ3n) is 3.94. The van der Waals surface area contributed by atoms with Gasteiger partial charge in [-0.25, -0.2) is 0 Å². The quantitative estimate of drug-likeness (QED) is 0.313. The van der Waals surface area contributed by atoms with Crippen LogP contribution in [0.15, 0.2) is 0 Å². The van der Waals surface area contributed by atoms with E-state index < -0.39 is 7.28 Å². The predicted molar refractivity (Wildman–Crippen MR) is 90.1 cm³/mol. The first kappa shape index (κ1) is 20.3.